The summed E-state index contributed by atoms with van der Waals surface area (Å²) < 4.78 is 1.46. The molecule has 0 atom stereocenters. The van der Waals surface area contributed by atoms with E-state index in [4.69, 9.17) is 0 Å². The third kappa shape index (κ3) is 3.96. The van der Waals surface area contributed by atoms with E-state index in [9.17, 15) is 9.59 Å². The molecule has 0 saturated heterocycles. The molecule has 0 fully saturated rings. The summed E-state index contributed by atoms with van der Waals surface area (Å²) >= 11 is 0. The highest BCUT2D eigenvalue weighted by molar-refractivity contribution is 5.83. The predicted molar refractivity (Wildman–Crippen MR) is 106 cm³/mol. The fourth-order valence-electron chi connectivity index (χ4n) is 3.00. The van der Waals surface area contributed by atoms with E-state index in [2.05, 4.69) is 15.1 Å². The number of carbonyl (C=O) groups excluding carboxylic acids is 1. The van der Waals surface area contributed by atoms with Gasteiger partial charge >= 0.3 is 0 Å². The van der Waals surface area contributed by atoms with Gasteiger partial charge in [0.2, 0.25) is 5.95 Å². The molecule has 2 heterocycles. The summed E-state index contributed by atoms with van der Waals surface area (Å²) in [7, 11) is 0. The maximum atomic E-state index is 12.4. The molecule has 1 N–H and O–H groups in total. The number of hydrogen-bond acceptors (Lipinski definition) is 4. The molecular weight excluding hydrogens is 352 g/mol. The van der Waals surface area contributed by atoms with Gasteiger partial charge in [0, 0.05) is 37.0 Å². The highest BCUT2D eigenvalue weighted by atomic mass is 16.1. The minimum Gasteiger partial charge on any atom is -0.299 e. The highest BCUT2D eigenvalue weighted by Gasteiger charge is 2.11. The minimum atomic E-state index is -0.326. The van der Waals surface area contributed by atoms with E-state index in [0.717, 1.165) is 16.7 Å². The van der Waals surface area contributed by atoms with Crippen LogP contribution in [0.5, 0.6) is 0 Å². The summed E-state index contributed by atoms with van der Waals surface area (Å²) in [6.45, 7) is 0. The van der Waals surface area contributed by atoms with Crippen molar-refractivity contribution in [2.45, 2.75) is 12.8 Å². The molecule has 0 spiro atoms. The molecule has 28 heavy (non-hydrogen) atoms. The fourth-order valence-corrected chi connectivity index (χ4v) is 3.00. The number of aromatic nitrogens is 4. The van der Waals surface area contributed by atoms with Gasteiger partial charge in [-0.1, -0.05) is 54.6 Å². The van der Waals surface area contributed by atoms with Gasteiger partial charge in [0.25, 0.3) is 5.56 Å². The Labute approximate surface area is 161 Å². The van der Waals surface area contributed by atoms with Crippen LogP contribution in [0.15, 0.2) is 84.0 Å². The van der Waals surface area contributed by atoms with Crippen molar-refractivity contribution >= 4 is 5.78 Å². The molecule has 2 aromatic heterocycles. The van der Waals surface area contributed by atoms with Gasteiger partial charge in [0.1, 0.15) is 5.78 Å². The number of ketones is 1. The molecule has 2 aromatic carbocycles. The van der Waals surface area contributed by atoms with Crippen LogP contribution in [0.3, 0.4) is 0 Å². The van der Waals surface area contributed by atoms with Gasteiger partial charge in [0.15, 0.2) is 0 Å². The van der Waals surface area contributed by atoms with Crippen molar-refractivity contribution in [3.63, 3.8) is 0 Å². The SMILES string of the molecule is O=C(Cc1ccc(-c2ccccc2)cc1)Cc1cnc(-n2cccn2)[nH]c1=O. The van der Waals surface area contributed by atoms with Gasteiger partial charge in [-0.2, -0.15) is 5.10 Å². The van der Waals surface area contributed by atoms with Gasteiger partial charge in [-0.15, -0.1) is 0 Å². The molecule has 0 aliphatic heterocycles. The van der Waals surface area contributed by atoms with Crippen LogP contribution in [0.4, 0.5) is 0 Å². The second-order valence-corrected chi connectivity index (χ2v) is 6.47. The highest BCUT2D eigenvalue weighted by Crippen LogP contribution is 2.19. The number of hydrogen-bond donors (Lipinski definition) is 1. The summed E-state index contributed by atoms with van der Waals surface area (Å²) in [5, 5.41) is 4.02. The summed E-state index contributed by atoms with van der Waals surface area (Å²) in [4.78, 5) is 31.5. The third-order valence-electron chi connectivity index (χ3n) is 4.43. The van der Waals surface area contributed by atoms with Crippen LogP contribution >= 0.6 is 0 Å². The zero-order chi connectivity index (χ0) is 19.3. The van der Waals surface area contributed by atoms with Crippen LogP contribution < -0.4 is 5.56 Å². The van der Waals surface area contributed by atoms with Crippen LogP contribution in [0, 0.1) is 0 Å². The molecule has 6 nitrogen and oxygen atoms in total. The van der Waals surface area contributed by atoms with E-state index in [1.807, 2.05) is 54.6 Å². The standard InChI is InChI=1S/C22H18N4O2/c27-20(13-16-7-9-18(10-8-16)17-5-2-1-3-6-17)14-19-15-23-22(25-21(19)28)26-12-4-11-24-26/h1-12,15H,13-14H2,(H,23,25,28). The van der Waals surface area contributed by atoms with E-state index in [-0.39, 0.29) is 24.2 Å². The summed E-state index contributed by atoms with van der Waals surface area (Å²) in [5.41, 5.74) is 3.18. The van der Waals surface area contributed by atoms with Gasteiger partial charge in [-0.25, -0.2) is 9.67 Å². The van der Waals surface area contributed by atoms with Crippen LogP contribution in [0.2, 0.25) is 0 Å². The predicted octanol–water partition coefficient (Wildman–Crippen LogP) is 2.98. The largest absolute Gasteiger partial charge is 0.299 e. The van der Waals surface area contributed by atoms with E-state index >= 15 is 0 Å². The van der Waals surface area contributed by atoms with E-state index < -0.39 is 0 Å². The van der Waals surface area contributed by atoms with Crippen LogP contribution in [0.25, 0.3) is 17.1 Å². The second kappa shape index (κ2) is 7.84. The zero-order valence-electron chi connectivity index (χ0n) is 15.1. The maximum absolute atomic E-state index is 12.4. The molecular formula is C22H18N4O2. The second-order valence-electron chi connectivity index (χ2n) is 6.47. The van der Waals surface area contributed by atoms with Crippen LogP contribution in [-0.4, -0.2) is 25.5 Å². The number of benzene rings is 2. The molecule has 0 amide bonds. The number of rotatable bonds is 6. The van der Waals surface area contributed by atoms with Crippen molar-refractivity contribution < 1.29 is 4.79 Å². The van der Waals surface area contributed by atoms with Crippen molar-refractivity contribution in [1.29, 1.82) is 0 Å². The van der Waals surface area contributed by atoms with Gasteiger partial charge in [-0.05, 0) is 22.8 Å². The normalized spacial score (nSPS) is 10.7. The lowest BCUT2D eigenvalue weighted by Gasteiger charge is -2.05. The average Bonchev–Trinajstić information content (AvgIpc) is 3.26. The molecule has 0 aliphatic rings. The van der Waals surface area contributed by atoms with Crippen LogP contribution in [-0.2, 0) is 17.6 Å². The fraction of sp³-hybridized carbons (Fsp3) is 0.0909. The molecule has 138 valence electrons. The molecule has 0 aliphatic carbocycles. The van der Waals surface area contributed by atoms with Crippen molar-refractivity contribution in [2.24, 2.45) is 0 Å². The quantitative estimate of drug-likeness (QED) is 0.566. The topological polar surface area (TPSA) is 80.6 Å². The number of H-pyrrole nitrogens is 1. The van der Waals surface area contributed by atoms with Gasteiger partial charge in [0.05, 0.1) is 0 Å². The maximum Gasteiger partial charge on any atom is 0.255 e. The Morgan fingerprint density at radius 3 is 2.36 bits per heavy atom. The molecule has 0 radical (unpaired) electrons. The van der Waals surface area contributed by atoms with Crippen LogP contribution in [0.1, 0.15) is 11.1 Å². The first-order valence-corrected chi connectivity index (χ1v) is 8.93. The Balaban J connectivity index is 1.42. The Kier molecular flexibility index (Phi) is 4.93. The number of aromatic amines is 1. The first-order valence-electron chi connectivity index (χ1n) is 8.93. The van der Waals surface area contributed by atoms with Crippen molar-refractivity contribution in [3.8, 4) is 17.1 Å². The van der Waals surface area contributed by atoms with Crippen molar-refractivity contribution in [1.82, 2.24) is 19.7 Å². The summed E-state index contributed by atoms with van der Waals surface area (Å²) in [6, 6.07) is 19.7. The van der Waals surface area contributed by atoms with Gasteiger partial charge < -0.3 is 0 Å². The molecule has 4 rings (SSSR count). The summed E-state index contributed by atoms with van der Waals surface area (Å²) in [5.74, 6) is 0.286. The molecule has 4 aromatic rings. The Hall–Kier alpha value is -3.80. The number of carbonyl (C=O) groups is 1. The van der Waals surface area contributed by atoms with E-state index in [1.54, 1.807) is 18.5 Å². The Morgan fingerprint density at radius 1 is 0.929 bits per heavy atom. The lowest BCUT2D eigenvalue weighted by atomic mass is 10.0. The average molecular weight is 370 g/mol. The monoisotopic (exact) mass is 370 g/mol. The molecule has 0 bridgehead atoms. The molecule has 6 heteroatoms. The molecule has 0 unspecified atom stereocenters. The first-order chi connectivity index (χ1) is 13.7. The van der Waals surface area contributed by atoms with Gasteiger partial charge in [-0.3, -0.25) is 14.6 Å². The molecule has 0 saturated carbocycles. The Morgan fingerprint density at radius 2 is 1.68 bits per heavy atom. The smallest absolute Gasteiger partial charge is 0.255 e. The zero-order valence-corrected chi connectivity index (χ0v) is 15.1. The lowest BCUT2D eigenvalue weighted by molar-refractivity contribution is -0.117. The van der Waals surface area contributed by atoms with E-state index in [0.29, 0.717) is 11.5 Å². The third-order valence-corrected chi connectivity index (χ3v) is 4.43. The van der Waals surface area contributed by atoms with E-state index in [1.165, 1.54) is 10.9 Å². The lowest BCUT2D eigenvalue weighted by Crippen LogP contribution is -2.20. The minimum absolute atomic E-state index is 0.0356. The number of nitrogens with zero attached hydrogens (tertiary/aromatic N) is 3. The summed E-state index contributed by atoms with van der Waals surface area (Å²) in [6.07, 6.45) is 5.03. The number of nitrogens with one attached hydrogen (secondary N) is 1. The van der Waals surface area contributed by atoms with Crippen molar-refractivity contribution in [2.75, 3.05) is 0 Å². The number of Topliss-reactive ketones (excluding diaryl/α,β-unsaturated/α-hetero) is 1. The first kappa shape index (κ1) is 17.6. The van der Waals surface area contributed by atoms with Crippen molar-refractivity contribution in [3.05, 3.63) is 101 Å². The Bertz CT molecular complexity index is 1130.